The van der Waals surface area contributed by atoms with Crippen LogP contribution in [-0.2, 0) is 16.1 Å². The summed E-state index contributed by atoms with van der Waals surface area (Å²) in [4.78, 5) is 41.1. The molecule has 2 amide bonds. The third-order valence-electron chi connectivity index (χ3n) is 6.58. The normalized spacial score (nSPS) is 21.2. The van der Waals surface area contributed by atoms with Gasteiger partial charge < -0.3 is 10.1 Å². The molecule has 0 spiro atoms. The molecule has 1 saturated carbocycles. The standard InChI is InChI=1S/C24H30N4O4/c1-15-10-11-16(2)19(12-15)28-21(29)20-13-18(22(30)32-4)26-27(20)14-24(28,3)23(31)25-17-8-6-5-7-9-17/h10-13,17H,5-9,14H2,1-4H3,(H,25,31)/t24-/m0/s1. The Labute approximate surface area is 187 Å². The maximum Gasteiger partial charge on any atom is 0.358 e. The smallest absolute Gasteiger partial charge is 0.358 e. The molecule has 32 heavy (non-hydrogen) atoms. The van der Waals surface area contributed by atoms with Crippen molar-refractivity contribution in [1.82, 2.24) is 15.1 Å². The zero-order valence-electron chi connectivity index (χ0n) is 19.1. The lowest BCUT2D eigenvalue weighted by atomic mass is 9.90. The van der Waals surface area contributed by atoms with Crippen LogP contribution in [0, 0.1) is 13.8 Å². The summed E-state index contributed by atoms with van der Waals surface area (Å²) >= 11 is 0. The molecule has 0 radical (unpaired) electrons. The molecule has 0 bridgehead atoms. The average Bonchev–Trinajstić information content (AvgIpc) is 3.20. The number of ether oxygens (including phenoxy) is 1. The Balaban J connectivity index is 1.80. The molecule has 1 N–H and O–H groups in total. The van der Waals surface area contributed by atoms with E-state index >= 15 is 0 Å². The SMILES string of the molecule is COC(=O)c1cc2n(n1)C[C@@](C)(C(=O)NC1CCCCC1)N(c1cc(C)ccc1C)C2=O. The van der Waals surface area contributed by atoms with Crippen LogP contribution in [0.4, 0.5) is 5.69 Å². The topological polar surface area (TPSA) is 93.5 Å². The predicted octanol–water partition coefficient (Wildman–Crippen LogP) is 3.15. The van der Waals surface area contributed by atoms with Gasteiger partial charge in [-0.1, -0.05) is 31.4 Å². The first kappa shape index (κ1) is 22.0. The van der Waals surface area contributed by atoms with E-state index in [0.29, 0.717) is 5.69 Å². The van der Waals surface area contributed by atoms with Crippen LogP contribution in [0.25, 0.3) is 0 Å². The molecule has 8 heteroatoms. The number of anilines is 1. The van der Waals surface area contributed by atoms with Gasteiger partial charge in [-0.3, -0.25) is 19.2 Å². The lowest BCUT2D eigenvalue weighted by Crippen LogP contribution is -2.65. The van der Waals surface area contributed by atoms with E-state index in [9.17, 15) is 14.4 Å². The minimum absolute atomic E-state index is 0.0497. The number of hydrogen-bond acceptors (Lipinski definition) is 5. The largest absolute Gasteiger partial charge is 0.464 e. The van der Waals surface area contributed by atoms with Crippen LogP contribution in [0.15, 0.2) is 24.3 Å². The van der Waals surface area contributed by atoms with Crippen molar-refractivity contribution in [2.45, 2.75) is 71.0 Å². The quantitative estimate of drug-likeness (QED) is 0.740. The lowest BCUT2D eigenvalue weighted by molar-refractivity contribution is -0.127. The Morgan fingerprint density at radius 1 is 1.16 bits per heavy atom. The van der Waals surface area contributed by atoms with Crippen molar-refractivity contribution in [3.63, 3.8) is 0 Å². The second-order valence-corrected chi connectivity index (χ2v) is 9.08. The Morgan fingerprint density at radius 2 is 1.88 bits per heavy atom. The van der Waals surface area contributed by atoms with E-state index in [2.05, 4.69) is 10.4 Å². The molecule has 2 heterocycles. The number of carbonyl (C=O) groups is 3. The molecule has 8 nitrogen and oxygen atoms in total. The number of carbonyl (C=O) groups excluding carboxylic acids is 3. The van der Waals surface area contributed by atoms with Crippen LogP contribution < -0.4 is 10.2 Å². The number of esters is 1. The molecule has 1 atom stereocenters. The number of nitrogens with zero attached hydrogens (tertiary/aromatic N) is 3. The minimum Gasteiger partial charge on any atom is -0.464 e. The lowest BCUT2D eigenvalue weighted by Gasteiger charge is -2.44. The molecule has 0 saturated heterocycles. The fourth-order valence-corrected chi connectivity index (χ4v) is 4.71. The van der Waals surface area contributed by atoms with Crippen molar-refractivity contribution in [3.8, 4) is 0 Å². The fourth-order valence-electron chi connectivity index (χ4n) is 4.71. The highest BCUT2D eigenvalue weighted by Gasteiger charge is 2.50. The highest BCUT2D eigenvalue weighted by Crippen LogP contribution is 2.35. The monoisotopic (exact) mass is 438 g/mol. The van der Waals surface area contributed by atoms with Gasteiger partial charge in [-0.25, -0.2) is 4.79 Å². The Bertz CT molecular complexity index is 1070. The van der Waals surface area contributed by atoms with Crippen molar-refractivity contribution in [3.05, 3.63) is 46.8 Å². The van der Waals surface area contributed by atoms with Gasteiger partial charge in [0, 0.05) is 17.8 Å². The molecule has 0 unspecified atom stereocenters. The Morgan fingerprint density at radius 3 is 2.56 bits per heavy atom. The van der Waals surface area contributed by atoms with Crippen LogP contribution in [0.1, 0.15) is 71.1 Å². The number of hydrogen-bond donors (Lipinski definition) is 1. The van der Waals surface area contributed by atoms with Gasteiger partial charge in [0.05, 0.1) is 13.7 Å². The van der Waals surface area contributed by atoms with E-state index in [1.165, 1.54) is 24.3 Å². The van der Waals surface area contributed by atoms with Gasteiger partial charge in [-0.2, -0.15) is 5.10 Å². The molecule has 1 aliphatic heterocycles. The molecule has 1 aliphatic carbocycles. The molecule has 170 valence electrons. The number of amides is 2. The maximum atomic E-state index is 13.8. The van der Waals surface area contributed by atoms with Gasteiger partial charge in [0.15, 0.2) is 5.69 Å². The number of benzene rings is 1. The molecule has 1 aromatic carbocycles. The fraction of sp³-hybridized carbons (Fsp3) is 0.500. The summed E-state index contributed by atoms with van der Waals surface area (Å²) in [5.41, 5.74) is 1.66. The number of fused-ring (bicyclic) bond motifs is 1. The van der Waals surface area contributed by atoms with E-state index < -0.39 is 11.5 Å². The summed E-state index contributed by atoms with van der Waals surface area (Å²) in [6, 6.07) is 7.39. The molecule has 1 fully saturated rings. The molecule has 4 rings (SSSR count). The van der Waals surface area contributed by atoms with Gasteiger partial charge in [-0.05, 0) is 50.8 Å². The first-order valence-corrected chi connectivity index (χ1v) is 11.1. The summed E-state index contributed by atoms with van der Waals surface area (Å²) in [5.74, 6) is -1.19. The van der Waals surface area contributed by atoms with E-state index in [1.54, 1.807) is 11.8 Å². The molecule has 1 aromatic heterocycles. The van der Waals surface area contributed by atoms with Crippen molar-refractivity contribution in [1.29, 1.82) is 0 Å². The van der Waals surface area contributed by atoms with Gasteiger partial charge in [0.1, 0.15) is 11.2 Å². The third-order valence-corrected chi connectivity index (χ3v) is 6.58. The highest BCUT2D eigenvalue weighted by molar-refractivity contribution is 6.12. The molecule has 2 aromatic rings. The second-order valence-electron chi connectivity index (χ2n) is 9.08. The molecular formula is C24H30N4O4. The number of aromatic nitrogens is 2. The Kier molecular flexibility index (Phi) is 5.79. The van der Waals surface area contributed by atoms with Crippen LogP contribution in [0.5, 0.6) is 0 Å². The van der Waals surface area contributed by atoms with Gasteiger partial charge in [0.2, 0.25) is 5.91 Å². The zero-order valence-corrected chi connectivity index (χ0v) is 19.1. The molecular weight excluding hydrogens is 408 g/mol. The summed E-state index contributed by atoms with van der Waals surface area (Å²) < 4.78 is 6.23. The summed E-state index contributed by atoms with van der Waals surface area (Å²) in [6.07, 6.45) is 5.25. The maximum absolute atomic E-state index is 13.8. The van der Waals surface area contributed by atoms with Crippen molar-refractivity contribution in [2.24, 2.45) is 0 Å². The third kappa shape index (κ3) is 3.78. The summed E-state index contributed by atoms with van der Waals surface area (Å²) in [7, 11) is 1.27. The first-order chi connectivity index (χ1) is 15.2. The second kappa shape index (κ2) is 8.41. The number of rotatable bonds is 4. The number of nitrogens with one attached hydrogen (secondary N) is 1. The van der Waals surface area contributed by atoms with E-state index in [0.717, 1.165) is 36.8 Å². The average molecular weight is 439 g/mol. The summed E-state index contributed by atoms with van der Waals surface area (Å²) in [5, 5.41) is 7.47. The zero-order chi connectivity index (χ0) is 23.0. The van der Waals surface area contributed by atoms with Crippen LogP contribution in [-0.4, -0.2) is 46.3 Å². The predicted molar refractivity (Wildman–Crippen MR) is 120 cm³/mol. The first-order valence-electron chi connectivity index (χ1n) is 11.1. The summed E-state index contributed by atoms with van der Waals surface area (Å²) in [6.45, 7) is 5.79. The van der Waals surface area contributed by atoms with Crippen LogP contribution >= 0.6 is 0 Å². The highest BCUT2D eigenvalue weighted by atomic mass is 16.5. The van der Waals surface area contributed by atoms with Gasteiger partial charge in [-0.15, -0.1) is 0 Å². The minimum atomic E-state index is -1.21. The van der Waals surface area contributed by atoms with Crippen molar-refractivity contribution >= 4 is 23.5 Å². The van der Waals surface area contributed by atoms with E-state index in [1.807, 2.05) is 32.0 Å². The molecule has 2 aliphatic rings. The van der Waals surface area contributed by atoms with E-state index in [4.69, 9.17) is 4.74 Å². The number of methoxy groups -OCH3 is 1. The van der Waals surface area contributed by atoms with Crippen LogP contribution in [0.2, 0.25) is 0 Å². The van der Waals surface area contributed by atoms with Gasteiger partial charge in [0.25, 0.3) is 5.91 Å². The van der Waals surface area contributed by atoms with Gasteiger partial charge >= 0.3 is 5.97 Å². The van der Waals surface area contributed by atoms with Crippen LogP contribution in [0.3, 0.4) is 0 Å². The van der Waals surface area contributed by atoms with E-state index in [-0.39, 0.29) is 35.8 Å². The van der Waals surface area contributed by atoms with Crippen molar-refractivity contribution in [2.75, 3.05) is 12.0 Å². The van der Waals surface area contributed by atoms with Crippen molar-refractivity contribution < 1.29 is 19.1 Å². The number of aryl methyl sites for hydroxylation is 2. The Hall–Kier alpha value is -3.16.